The molecule has 1 unspecified atom stereocenters. The van der Waals surface area contributed by atoms with E-state index in [9.17, 15) is 4.79 Å². The molecule has 2 heterocycles. The topological polar surface area (TPSA) is 56.7 Å². The van der Waals surface area contributed by atoms with Gasteiger partial charge in [-0.15, -0.1) is 11.3 Å². The van der Waals surface area contributed by atoms with E-state index in [-0.39, 0.29) is 6.54 Å². The number of hydrogen-bond donors (Lipinski definition) is 1. The Bertz CT molecular complexity index is 640. The monoisotopic (exact) mass is 333 g/mol. The number of fused-ring (bicyclic) bond motifs is 1. The molecule has 1 aromatic heterocycles. The highest BCUT2D eigenvalue weighted by atomic mass is 32.1. The minimum Gasteiger partial charge on any atom is -0.480 e. The smallest absolute Gasteiger partial charge is 0.317 e. The Labute approximate surface area is 140 Å². The number of hydrogen-bond acceptors (Lipinski definition) is 5. The summed E-state index contributed by atoms with van der Waals surface area (Å²) in [5.74, 6) is -0.747. The van der Waals surface area contributed by atoms with E-state index >= 15 is 0 Å². The van der Waals surface area contributed by atoms with Gasteiger partial charge in [0.2, 0.25) is 0 Å². The van der Waals surface area contributed by atoms with Gasteiger partial charge in [0.15, 0.2) is 0 Å². The van der Waals surface area contributed by atoms with Crippen LogP contribution >= 0.6 is 11.3 Å². The summed E-state index contributed by atoms with van der Waals surface area (Å²) in [5.41, 5.74) is 1.08. The zero-order valence-electron chi connectivity index (χ0n) is 13.4. The first kappa shape index (κ1) is 16.4. The lowest BCUT2D eigenvalue weighted by Gasteiger charge is -2.25. The van der Waals surface area contributed by atoms with Gasteiger partial charge in [0.05, 0.1) is 23.3 Å². The Morgan fingerprint density at radius 3 is 3.00 bits per heavy atom. The maximum atomic E-state index is 10.9. The first-order valence-electron chi connectivity index (χ1n) is 8.10. The van der Waals surface area contributed by atoms with Crippen LogP contribution in [0, 0.1) is 0 Å². The highest BCUT2D eigenvalue weighted by Crippen LogP contribution is 2.24. The minimum atomic E-state index is -0.747. The Hall–Kier alpha value is -1.50. The van der Waals surface area contributed by atoms with Gasteiger partial charge in [-0.3, -0.25) is 14.6 Å². The van der Waals surface area contributed by atoms with Crippen LogP contribution < -0.4 is 0 Å². The number of nitrogens with zero attached hydrogens (tertiary/aromatic N) is 3. The molecule has 0 saturated carbocycles. The number of carbonyl (C=O) groups is 1. The number of likely N-dealkylation sites (N-methyl/N-ethyl adjacent to an activating group) is 1. The number of carboxylic acid groups (broad SMARTS) is 1. The minimum absolute atomic E-state index is 0.128. The lowest BCUT2D eigenvalue weighted by atomic mass is 10.1. The number of benzene rings is 1. The molecule has 0 aliphatic carbocycles. The lowest BCUT2D eigenvalue weighted by molar-refractivity contribution is -0.138. The van der Waals surface area contributed by atoms with E-state index in [1.54, 1.807) is 11.3 Å². The van der Waals surface area contributed by atoms with Crippen LogP contribution in [0.3, 0.4) is 0 Å². The molecule has 0 bridgehead atoms. The number of aliphatic carboxylic acids is 1. The molecule has 1 aliphatic rings. The quantitative estimate of drug-likeness (QED) is 0.912. The molecule has 23 heavy (non-hydrogen) atoms. The normalized spacial score (nSPS) is 20.0. The second-order valence-electron chi connectivity index (χ2n) is 6.25. The first-order chi connectivity index (χ1) is 11.1. The SMILES string of the molecule is CN(CC(=O)O)C1CCCN(Cc2nc3ccccc3s2)CC1. The number of para-hydroxylation sites is 1. The van der Waals surface area contributed by atoms with Gasteiger partial charge in [0.25, 0.3) is 0 Å². The van der Waals surface area contributed by atoms with Crippen molar-refractivity contribution in [2.75, 3.05) is 26.7 Å². The van der Waals surface area contributed by atoms with E-state index in [1.807, 2.05) is 18.0 Å². The van der Waals surface area contributed by atoms with Gasteiger partial charge < -0.3 is 5.11 Å². The lowest BCUT2D eigenvalue weighted by Crippen LogP contribution is -2.36. The molecule has 1 N–H and O–H groups in total. The van der Waals surface area contributed by atoms with Gasteiger partial charge in [-0.05, 0) is 45.0 Å². The second kappa shape index (κ2) is 7.38. The van der Waals surface area contributed by atoms with Crippen molar-refractivity contribution >= 4 is 27.5 Å². The molecule has 0 amide bonds. The summed E-state index contributed by atoms with van der Waals surface area (Å²) < 4.78 is 1.25. The molecule has 124 valence electrons. The van der Waals surface area contributed by atoms with Crippen molar-refractivity contribution in [2.24, 2.45) is 0 Å². The average molecular weight is 333 g/mol. The number of likely N-dealkylation sites (tertiary alicyclic amines) is 1. The van der Waals surface area contributed by atoms with Crippen molar-refractivity contribution in [3.05, 3.63) is 29.3 Å². The van der Waals surface area contributed by atoms with Crippen molar-refractivity contribution in [1.29, 1.82) is 0 Å². The van der Waals surface area contributed by atoms with Crippen molar-refractivity contribution in [3.63, 3.8) is 0 Å². The summed E-state index contributed by atoms with van der Waals surface area (Å²) in [6.45, 7) is 3.09. The van der Waals surface area contributed by atoms with Gasteiger partial charge in [0, 0.05) is 12.6 Å². The van der Waals surface area contributed by atoms with Gasteiger partial charge in [0.1, 0.15) is 5.01 Å². The molecule has 0 radical (unpaired) electrons. The third-order valence-corrected chi connectivity index (χ3v) is 5.52. The third-order valence-electron chi connectivity index (χ3n) is 4.50. The van der Waals surface area contributed by atoms with E-state index in [2.05, 4.69) is 23.1 Å². The molecule has 1 saturated heterocycles. The third kappa shape index (κ3) is 4.28. The Morgan fingerprint density at radius 1 is 1.39 bits per heavy atom. The summed E-state index contributed by atoms with van der Waals surface area (Å²) in [7, 11) is 1.92. The zero-order chi connectivity index (χ0) is 16.2. The van der Waals surface area contributed by atoms with Gasteiger partial charge in [-0.2, -0.15) is 0 Å². The molecule has 1 aliphatic heterocycles. The van der Waals surface area contributed by atoms with Gasteiger partial charge in [-0.1, -0.05) is 12.1 Å². The Kier molecular flexibility index (Phi) is 5.25. The fourth-order valence-corrected chi connectivity index (χ4v) is 4.27. The van der Waals surface area contributed by atoms with E-state index in [4.69, 9.17) is 10.1 Å². The summed E-state index contributed by atoms with van der Waals surface area (Å²) in [5, 5.41) is 10.1. The number of rotatable bonds is 5. The predicted molar refractivity (Wildman–Crippen MR) is 92.8 cm³/mol. The molecule has 6 heteroatoms. The van der Waals surface area contributed by atoms with Crippen LogP contribution in [0.2, 0.25) is 0 Å². The average Bonchev–Trinajstić information content (AvgIpc) is 2.76. The highest BCUT2D eigenvalue weighted by molar-refractivity contribution is 7.18. The second-order valence-corrected chi connectivity index (χ2v) is 7.36. The zero-order valence-corrected chi connectivity index (χ0v) is 14.3. The predicted octanol–water partition coefficient (Wildman–Crippen LogP) is 2.67. The molecule has 1 aromatic carbocycles. The van der Waals surface area contributed by atoms with E-state index in [0.29, 0.717) is 6.04 Å². The standard InChI is InChI=1S/C17H23N3O2S/c1-19(12-17(21)22)13-5-4-9-20(10-8-13)11-16-18-14-6-2-3-7-15(14)23-16/h2-3,6-7,13H,4-5,8-12H2,1H3,(H,21,22). The fraction of sp³-hybridized carbons (Fsp3) is 0.529. The largest absolute Gasteiger partial charge is 0.480 e. The molecule has 2 aromatic rings. The van der Waals surface area contributed by atoms with Gasteiger partial charge >= 0.3 is 5.97 Å². The van der Waals surface area contributed by atoms with Crippen LogP contribution in [-0.2, 0) is 11.3 Å². The summed E-state index contributed by atoms with van der Waals surface area (Å²) >= 11 is 1.77. The summed E-state index contributed by atoms with van der Waals surface area (Å²) in [6.07, 6.45) is 3.20. The number of carboxylic acids is 1. The molecule has 3 rings (SSSR count). The highest BCUT2D eigenvalue weighted by Gasteiger charge is 2.22. The number of aromatic nitrogens is 1. The Morgan fingerprint density at radius 2 is 2.22 bits per heavy atom. The molecule has 5 nitrogen and oxygen atoms in total. The van der Waals surface area contributed by atoms with Crippen molar-refractivity contribution in [2.45, 2.75) is 31.8 Å². The van der Waals surface area contributed by atoms with Crippen LogP contribution in [-0.4, -0.2) is 58.6 Å². The first-order valence-corrected chi connectivity index (χ1v) is 8.92. The van der Waals surface area contributed by atoms with E-state index < -0.39 is 5.97 Å². The summed E-state index contributed by atoms with van der Waals surface area (Å²) in [6, 6.07) is 8.64. The van der Waals surface area contributed by atoms with Crippen LogP contribution in [0.5, 0.6) is 0 Å². The number of thiazole rings is 1. The van der Waals surface area contributed by atoms with Crippen molar-refractivity contribution in [1.82, 2.24) is 14.8 Å². The molecular formula is C17H23N3O2S. The van der Waals surface area contributed by atoms with Crippen LogP contribution in [0.1, 0.15) is 24.3 Å². The van der Waals surface area contributed by atoms with Crippen LogP contribution in [0.15, 0.2) is 24.3 Å². The van der Waals surface area contributed by atoms with Crippen molar-refractivity contribution < 1.29 is 9.90 Å². The maximum absolute atomic E-state index is 10.9. The van der Waals surface area contributed by atoms with E-state index in [1.165, 1.54) is 9.71 Å². The van der Waals surface area contributed by atoms with Crippen LogP contribution in [0.25, 0.3) is 10.2 Å². The molecular weight excluding hydrogens is 310 g/mol. The molecule has 1 atom stereocenters. The molecule has 0 spiro atoms. The van der Waals surface area contributed by atoms with Gasteiger partial charge in [-0.25, -0.2) is 4.98 Å². The van der Waals surface area contributed by atoms with E-state index in [0.717, 1.165) is 44.4 Å². The van der Waals surface area contributed by atoms with Crippen molar-refractivity contribution in [3.8, 4) is 0 Å². The molecule has 1 fully saturated rings. The van der Waals surface area contributed by atoms with Crippen LogP contribution in [0.4, 0.5) is 0 Å². The fourth-order valence-electron chi connectivity index (χ4n) is 3.26. The maximum Gasteiger partial charge on any atom is 0.317 e. The summed E-state index contributed by atoms with van der Waals surface area (Å²) in [4.78, 5) is 20.0. The Balaban J connectivity index is 1.58.